The molecule has 0 bridgehead atoms. The molecule has 26 heavy (non-hydrogen) atoms. The predicted molar refractivity (Wildman–Crippen MR) is 94.3 cm³/mol. The molecule has 136 valence electrons. The molecule has 1 aromatic carbocycles. The van der Waals surface area contributed by atoms with Gasteiger partial charge in [0, 0.05) is 24.3 Å². The number of fused-ring (bicyclic) bond motifs is 1. The van der Waals surface area contributed by atoms with E-state index in [0.29, 0.717) is 28.8 Å². The zero-order chi connectivity index (χ0) is 18.7. The van der Waals surface area contributed by atoms with Crippen LogP contribution in [0.1, 0.15) is 5.56 Å². The molecule has 0 atom stereocenters. The molecule has 0 unspecified atom stereocenters. The number of sulfone groups is 1. The molecule has 0 spiro atoms. The van der Waals surface area contributed by atoms with Crippen molar-refractivity contribution in [3.8, 4) is 5.75 Å². The van der Waals surface area contributed by atoms with Crippen LogP contribution in [0.2, 0.25) is 0 Å². The van der Waals surface area contributed by atoms with Crippen molar-refractivity contribution in [1.82, 2.24) is 15.3 Å². The lowest BCUT2D eigenvalue weighted by Gasteiger charge is -2.09. The van der Waals surface area contributed by atoms with Gasteiger partial charge < -0.3 is 20.1 Å². The highest BCUT2D eigenvalue weighted by atomic mass is 32.2. The third-order valence-corrected chi connectivity index (χ3v) is 5.72. The minimum atomic E-state index is -3.81. The Kier molecular flexibility index (Phi) is 4.81. The number of pyridine rings is 1. The Labute approximate surface area is 149 Å². The Morgan fingerprint density at radius 1 is 1.35 bits per heavy atom. The summed E-state index contributed by atoms with van der Waals surface area (Å²) in [5.74, 6) is 0.441. The van der Waals surface area contributed by atoms with Crippen molar-refractivity contribution >= 4 is 27.0 Å². The summed E-state index contributed by atoms with van der Waals surface area (Å²) in [5, 5.41) is 11.4. The maximum atomic E-state index is 13.1. The molecule has 3 aromatic rings. The minimum Gasteiger partial charge on any atom is -0.497 e. The first-order valence-electron chi connectivity index (χ1n) is 7.74. The number of methoxy groups -OCH3 is 1. The van der Waals surface area contributed by atoms with E-state index in [9.17, 15) is 13.2 Å². The molecule has 2 aromatic heterocycles. The fourth-order valence-corrected chi connectivity index (χ4v) is 4.23. The van der Waals surface area contributed by atoms with Crippen molar-refractivity contribution in [2.75, 3.05) is 13.7 Å². The fourth-order valence-electron chi connectivity index (χ4n) is 2.71. The standard InChI is InChI=1S/C17H17N3O5S/c1-25-12-3-2-4-13(9-12)26(23,24)14-6-8-18-16-15(14)11(10-20-16)5-7-19-17(21)22/h2-4,6,8-10,19H,5,7H2,1H3,(H,18,20)(H,21,22). The van der Waals surface area contributed by atoms with E-state index in [1.807, 2.05) is 0 Å². The number of benzene rings is 1. The van der Waals surface area contributed by atoms with Gasteiger partial charge in [-0.05, 0) is 36.2 Å². The molecular weight excluding hydrogens is 358 g/mol. The first-order chi connectivity index (χ1) is 12.4. The van der Waals surface area contributed by atoms with Crippen molar-refractivity contribution in [3.63, 3.8) is 0 Å². The van der Waals surface area contributed by atoms with Gasteiger partial charge in [0.1, 0.15) is 11.4 Å². The lowest BCUT2D eigenvalue weighted by Crippen LogP contribution is -2.23. The zero-order valence-electron chi connectivity index (χ0n) is 13.9. The summed E-state index contributed by atoms with van der Waals surface area (Å²) >= 11 is 0. The molecule has 0 radical (unpaired) electrons. The summed E-state index contributed by atoms with van der Waals surface area (Å²) in [6.45, 7) is 0.163. The molecule has 9 heteroatoms. The second kappa shape index (κ2) is 7.04. The van der Waals surface area contributed by atoms with E-state index in [1.54, 1.807) is 18.3 Å². The number of H-pyrrole nitrogens is 1. The number of hydrogen-bond acceptors (Lipinski definition) is 5. The number of nitrogens with zero attached hydrogens (tertiary/aromatic N) is 1. The van der Waals surface area contributed by atoms with Crippen molar-refractivity contribution < 1.29 is 23.1 Å². The third-order valence-electron chi connectivity index (χ3n) is 3.93. The average molecular weight is 375 g/mol. The third kappa shape index (κ3) is 3.33. The first-order valence-corrected chi connectivity index (χ1v) is 9.22. The van der Waals surface area contributed by atoms with E-state index < -0.39 is 15.9 Å². The number of aromatic amines is 1. The van der Waals surface area contributed by atoms with Crippen LogP contribution >= 0.6 is 0 Å². The second-order valence-electron chi connectivity index (χ2n) is 5.51. The molecule has 3 rings (SSSR count). The maximum Gasteiger partial charge on any atom is 0.404 e. The van der Waals surface area contributed by atoms with Crippen LogP contribution < -0.4 is 10.1 Å². The summed E-state index contributed by atoms with van der Waals surface area (Å²) < 4.78 is 31.4. The topological polar surface area (TPSA) is 121 Å². The number of ether oxygens (including phenoxy) is 1. The van der Waals surface area contributed by atoms with Gasteiger partial charge in [-0.3, -0.25) is 0 Å². The summed E-state index contributed by atoms with van der Waals surface area (Å²) in [4.78, 5) is 18.0. The number of hydrogen-bond donors (Lipinski definition) is 3. The highest BCUT2D eigenvalue weighted by Gasteiger charge is 2.23. The Morgan fingerprint density at radius 3 is 2.88 bits per heavy atom. The van der Waals surface area contributed by atoms with E-state index in [1.165, 1.54) is 31.5 Å². The van der Waals surface area contributed by atoms with Crippen LogP contribution in [0.5, 0.6) is 5.75 Å². The number of amides is 1. The van der Waals surface area contributed by atoms with Crippen molar-refractivity contribution in [2.24, 2.45) is 0 Å². The Morgan fingerprint density at radius 2 is 2.15 bits per heavy atom. The summed E-state index contributed by atoms with van der Waals surface area (Å²) in [6, 6.07) is 7.68. The van der Waals surface area contributed by atoms with Crippen molar-refractivity contribution in [2.45, 2.75) is 16.2 Å². The average Bonchev–Trinajstić information content (AvgIpc) is 3.04. The van der Waals surface area contributed by atoms with Gasteiger partial charge in [0.05, 0.1) is 16.9 Å². The molecule has 0 aliphatic rings. The van der Waals surface area contributed by atoms with Gasteiger partial charge >= 0.3 is 6.09 Å². The smallest absolute Gasteiger partial charge is 0.404 e. The monoisotopic (exact) mass is 375 g/mol. The molecular formula is C17H17N3O5S. The SMILES string of the molecule is COc1cccc(S(=O)(=O)c2ccnc3[nH]cc(CCNC(=O)O)c23)c1. The van der Waals surface area contributed by atoms with Crippen LogP contribution in [-0.2, 0) is 16.3 Å². The maximum absolute atomic E-state index is 13.1. The summed E-state index contributed by atoms with van der Waals surface area (Å²) in [6.07, 6.45) is 2.27. The van der Waals surface area contributed by atoms with E-state index in [2.05, 4.69) is 15.3 Å². The van der Waals surface area contributed by atoms with Gasteiger partial charge in [0.15, 0.2) is 0 Å². The predicted octanol–water partition coefficient (Wildman–Crippen LogP) is 2.21. The van der Waals surface area contributed by atoms with E-state index in [4.69, 9.17) is 9.84 Å². The van der Waals surface area contributed by atoms with Gasteiger partial charge in [-0.15, -0.1) is 0 Å². The first kappa shape index (κ1) is 17.7. The molecule has 2 heterocycles. The van der Waals surface area contributed by atoms with E-state index in [0.717, 1.165) is 0 Å². The molecule has 0 fully saturated rings. The van der Waals surface area contributed by atoms with Crippen LogP contribution in [0.3, 0.4) is 0 Å². The number of carboxylic acid groups (broad SMARTS) is 1. The quantitative estimate of drug-likeness (QED) is 0.607. The minimum absolute atomic E-state index is 0.111. The van der Waals surface area contributed by atoms with Crippen molar-refractivity contribution in [3.05, 3.63) is 48.3 Å². The highest BCUT2D eigenvalue weighted by Crippen LogP contribution is 2.31. The van der Waals surface area contributed by atoms with Gasteiger partial charge in [-0.25, -0.2) is 18.2 Å². The Bertz CT molecular complexity index is 1060. The molecule has 1 amide bonds. The van der Waals surface area contributed by atoms with E-state index in [-0.39, 0.29) is 16.3 Å². The molecule has 8 nitrogen and oxygen atoms in total. The molecule has 0 aliphatic heterocycles. The fraction of sp³-hybridized carbons (Fsp3) is 0.176. The Hall–Kier alpha value is -3.07. The van der Waals surface area contributed by atoms with Gasteiger partial charge in [0.25, 0.3) is 0 Å². The number of rotatable bonds is 6. The van der Waals surface area contributed by atoms with Crippen LogP contribution in [0.15, 0.2) is 52.5 Å². The highest BCUT2D eigenvalue weighted by molar-refractivity contribution is 7.91. The Balaban J connectivity index is 2.08. The van der Waals surface area contributed by atoms with Crippen LogP contribution in [0, 0.1) is 0 Å². The summed E-state index contributed by atoms with van der Waals surface area (Å²) in [5.41, 5.74) is 1.10. The van der Waals surface area contributed by atoms with Crippen molar-refractivity contribution in [1.29, 1.82) is 0 Å². The lowest BCUT2D eigenvalue weighted by molar-refractivity contribution is 0.194. The second-order valence-corrected chi connectivity index (χ2v) is 7.43. The number of carbonyl (C=O) groups is 1. The molecule has 0 saturated carbocycles. The largest absolute Gasteiger partial charge is 0.497 e. The van der Waals surface area contributed by atoms with Crippen LogP contribution in [-0.4, -0.2) is 43.2 Å². The van der Waals surface area contributed by atoms with Gasteiger partial charge in [-0.2, -0.15) is 0 Å². The number of nitrogens with one attached hydrogen (secondary N) is 2. The lowest BCUT2D eigenvalue weighted by atomic mass is 10.1. The van der Waals surface area contributed by atoms with Crippen LogP contribution in [0.4, 0.5) is 4.79 Å². The van der Waals surface area contributed by atoms with Crippen LogP contribution in [0.25, 0.3) is 11.0 Å². The normalized spacial score (nSPS) is 11.4. The van der Waals surface area contributed by atoms with E-state index >= 15 is 0 Å². The van der Waals surface area contributed by atoms with Gasteiger partial charge in [0.2, 0.25) is 9.84 Å². The summed E-state index contributed by atoms with van der Waals surface area (Å²) in [7, 11) is -2.34. The van der Waals surface area contributed by atoms with Gasteiger partial charge in [-0.1, -0.05) is 6.07 Å². The molecule has 0 saturated heterocycles. The molecule has 3 N–H and O–H groups in total. The molecule has 0 aliphatic carbocycles. The number of aromatic nitrogens is 2. The zero-order valence-corrected chi connectivity index (χ0v) is 14.7.